The average Bonchev–Trinajstić information content (AvgIpc) is 2.58. The molecule has 0 unspecified atom stereocenters. The molecule has 2 heterocycles. The number of aromatic nitrogens is 4. The molecule has 0 aliphatic heterocycles. The number of hydrogen-bond acceptors (Lipinski definition) is 3. The highest BCUT2D eigenvalue weighted by molar-refractivity contribution is 6.44. The van der Waals surface area contributed by atoms with Crippen molar-refractivity contribution in [2.45, 2.75) is 0 Å². The highest BCUT2D eigenvalue weighted by Crippen LogP contribution is 1.95. The average molecular weight is 196 g/mol. The van der Waals surface area contributed by atoms with Crippen LogP contribution < -0.4 is 17.0 Å². The van der Waals surface area contributed by atoms with Gasteiger partial charge in [0, 0.05) is 7.05 Å². The smallest absolute Gasteiger partial charge is 0.342 e. The summed E-state index contributed by atoms with van der Waals surface area (Å²) in [5.41, 5.74) is -0.854. The highest BCUT2D eigenvalue weighted by Gasteiger charge is 2.10. The van der Waals surface area contributed by atoms with E-state index >= 15 is 0 Å². The van der Waals surface area contributed by atoms with Crippen LogP contribution in [-0.4, -0.2) is 27.1 Å². The Morgan fingerprint density at radius 1 is 1.43 bits per heavy atom. The molecular formula is C6H6BFN4O2. The molecule has 72 valence electrons. The summed E-state index contributed by atoms with van der Waals surface area (Å²) in [6, 6.07) is 0. The van der Waals surface area contributed by atoms with Crippen LogP contribution in [0, 0.1) is 0 Å². The first-order valence-electron chi connectivity index (χ1n) is 3.87. The van der Waals surface area contributed by atoms with Crippen LogP contribution in [0.1, 0.15) is 0 Å². The molecule has 0 saturated carbocycles. The quantitative estimate of drug-likeness (QED) is 0.512. The monoisotopic (exact) mass is 196 g/mol. The lowest BCUT2D eigenvalue weighted by Crippen LogP contribution is -2.28. The standard InChI is InChI=1S/C6H6BFN4O2/c1-12-3-2(4(13)11-6(12)14)9-5(7-8)10-3/h7H,1H3,(H,9,10)(H,11,13,14). The molecule has 0 aliphatic carbocycles. The zero-order valence-electron chi connectivity index (χ0n) is 7.30. The first-order chi connectivity index (χ1) is 6.63. The first-order valence-corrected chi connectivity index (χ1v) is 3.87. The van der Waals surface area contributed by atoms with Crippen molar-refractivity contribution in [2.75, 3.05) is 0 Å². The van der Waals surface area contributed by atoms with Gasteiger partial charge >= 0.3 is 13.2 Å². The third kappa shape index (κ3) is 1.07. The van der Waals surface area contributed by atoms with Crippen molar-refractivity contribution in [1.29, 1.82) is 0 Å². The molecule has 0 atom stereocenters. The van der Waals surface area contributed by atoms with Gasteiger partial charge in [-0.15, -0.1) is 0 Å². The van der Waals surface area contributed by atoms with Crippen molar-refractivity contribution in [1.82, 2.24) is 19.5 Å². The maximum Gasteiger partial charge on any atom is 0.403 e. The Labute approximate surface area is 77.1 Å². The molecule has 2 aromatic rings. The molecule has 2 aromatic heterocycles. The number of halogens is 1. The maximum atomic E-state index is 12.2. The van der Waals surface area contributed by atoms with Crippen LogP contribution in [0.5, 0.6) is 0 Å². The lowest BCUT2D eigenvalue weighted by molar-refractivity contribution is 0.832. The largest absolute Gasteiger partial charge is 0.403 e. The Bertz CT molecular complexity index is 598. The molecule has 0 spiro atoms. The Morgan fingerprint density at radius 3 is 2.79 bits per heavy atom. The fourth-order valence-electron chi connectivity index (χ4n) is 1.22. The molecule has 8 heteroatoms. The van der Waals surface area contributed by atoms with E-state index in [9.17, 15) is 13.9 Å². The highest BCUT2D eigenvalue weighted by atomic mass is 19.1. The molecule has 2 rings (SSSR count). The van der Waals surface area contributed by atoms with Crippen molar-refractivity contribution in [3.8, 4) is 0 Å². The molecule has 0 aromatic carbocycles. The summed E-state index contributed by atoms with van der Waals surface area (Å²) in [7, 11) is 0.645. The van der Waals surface area contributed by atoms with Crippen molar-refractivity contribution in [3.05, 3.63) is 20.8 Å². The van der Waals surface area contributed by atoms with Gasteiger partial charge in [0.05, 0.1) is 0 Å². The van der Waals surface area contributed by atoms with E-state index in [1.54, 1.807) is 0 Å². The predicted octanol–water partition coefficient (Wildman–Crippen LogP) is -2.10. The number of hydrogen-bond donors (Lipinski definition) is 2. The second kappa shape index (κ2) is 2.83. The summed E-state index contributed by atoms with van der Waals surface area (Å²) < 4.78 is 13.4. The summed E-state index contributed by atoms with van der Waals surface area (Å²) in [4.78, 5) is 30.7. The van der Waals surface area contributed by atoms with Crippen LogP contribution >= 0.6 is 0 Å². The zero-order chi connectivity index (χ0) is 10.3. The fourth-order valence-corrected chi connectivity index (χ4v) is 1.22. The van der Waals surface area contributed by atoms with Crippen LogP contribution in [-0.2, 0) is 7.05 Å². The van der Waals surface area contributed by atoms with Crippen LogP contribution in [0.2, 0.25) is 0 Å². The second-order valence-electron chi connectivity index (χ2n) is 2.83. The molecular weight excluding hydrogens is 190 g/mol. The summed E-state index contributed by atoms with van der Waals surface area (Å²) in [5.74, 6) is 0. The number of rotatable bonds is 1. The molecule has 0 radical (unpaired) electrons. The minimum absolute atomic E-state index is 0.0340. The van der Waals surface area contributed by atoms with E-state index in [4.69, 9.17) is 0 Å². The minimum atomic E-state index is -0.803. The number of aryl methyl sites for hydroxylation is 1. The lowest BCUT2D eigenvalue weighted by atomic mass is 10.1. The van der Waals surface area contributed by atoms with E-state index in [1.165, 1.54) is 7.05 Å². The minimum Gasteiger partial charge on any atom is -0.342 e. The zero-order valence-corrected chi connectivity index (χ0v) is 7.30. The Hall–Kier alpha value is -1.86. The van der Waals surface area contributed by atoms with Gasteiger partial charge in [-0.05, 0) is 0 Å². The summed E-state index contributed by atoms with van der Waals surface area (Å²) in [5, 5.41) is 0. The van der Waals surface area contributed by atoms with Gasteiger partial charge in [0.1, 0.15) is 11.2 Å². The van der Waals surface area contributed by atoms with Gasteiger partial charge in [-0.25, -0.2) is 9.78 Å². The van der Waals surface area contributed by atoms with E-state index in [2.05, 4.69) is 15.0 Å². The van der Waals surface area contributed by atoms with Crippen LogP contribution in [0.25, 0.3) is 11.2 Å². The van der Waals surface area contributed by atoms with E-state index in [-0.39, 0.29) is 16.9 Å². The van der Waals surface area contributed by atoms with Crippen molar-refractivity contribution >= 4 is 24.4 Å². The van der Waals surface area contributed by atoms with Gasteiger partial charge in [0.2, 0.25) is 0 Å². The van der Waals surface area contributed by atoms with Crippen LogP contribution in [0.3, 0.4) is 0 Å². The Balaban J connectivity index is 2.99. The van der Waals surface area contributed by atoms with Gasteiger partial charge in [-0.1, -0.05) is 0 Å². The van der Waals surface area contributed by atoms with Crippen molar-refractivity contribution in [2.24, 2.45) is 7.05 Å². The SMILES string of the molecule is Cn1c(=O)[nH]c(=O)c2[nH]c(BF)nc21. The molecule has 14 heavy (non-hydrogen) atoms. The molecule has 0 aliphatic rings. The van der Waals surface area contributed by atoms with E-state index in [1.807, 2.05) is 0 Å². The maximum absolute atomic E-state index is 12.2. The molecule has 2 N–H and O–H groups in total. The van der Waals surface area contributed by atoms with Crippen LogP contribution in [0.15, 0.2) is 9.59 Å². The van der Waals surface area contributed by atoms with Gasteiger partial charge in [-0.2, -0.15) is 0 Å². The van der Waals surface area contributed by atoms with Gasteiger partial charge in [-0.3, -0.25) is 14.3 Å². The summed E-state index contributed by atoms with van der Waals surface area (Å²) in [6.45, 7) is 0. The van der Waals surface area contributed by atoms with Gasteiger partial charge < -0.3 is 9.30 Å². The Kier molecular flexibility index (Phi) is 1.76. The number of H-pyrrole nitrogens is 2. The molecule has 0 saturated heterocycles. The lowest BCUT2D eigenvalue weighted by Gasteiger charge is -1.94. The van der Waals surface area contributed by atoms with Gasteiger partial charge in [0.15, 0.2) is 5.65 Å². The number of fused-ring (bicyclic) bond motifs is 1. The first kappa shape index (κ1) is 8.73. The summed E-state index contributed by atoms with van der Waals surface area (Å²) >= 11 is 0. The molecule has 0 amide bonds. The number of imidazole rings is 1. The molecule has 0 fully saturated rings. The topological polar surface area (TPSA) is 83.5 Å². The van der Waals surface area contributed by atoms with Crippen LogP contribution in [0.4, 0.5) is 4.32 Å². The number of nitrogens with zero attached hydrogens (tertiary/aromatic N) is 2. The van der Waals surface area contributed by atoms with E-state index in [0.717, 1.165) is 4.57 Å². The second-order valence-corrected chi connectivity index (χ2v) is 2.83. The van der Waals surface area contributed by atoms with Gasteiger partial charge in [0.25, 0.3) is 5.56 Å². The molecule has 0 bridgehead atoms. The fraction of sp³-hybridized carbons (Fsp3) is 0.167. The Morgan fingerprint density at radius 2 is 2.14 bits per heavy atom. The molecule has 6 nitrogen and oxygen atoms in total. The number of aromatic amines is 2. The van der Waals surface area contributed by atoms with Crippen molar-refractivity contribution < 1.29 is 4.32 Å². The normalized spacial score (nSPS) is 10.7. The third-order valence-electron chi connectivity index (χ3n) is 1.93. The van der Waals surface area contributed by atoms with E-state index < -0.39 is 18.8 Å². The number of nitrogens with one attached hydrogen (secondary N) is 2. The van der Waals surface area contributed by atoms with Crippen molar-refractivity contribution in [3.63, 3.8) is 0 Å². The summed E-state index contributed by atoms with van der Waals surface area (Å²) in [6.07, 6.45) is 0. The predicted molar refractivity (Wildman–Crippen MR) is 49.8 cm³/mol. The van der Waals surface area contributed by atoms with E-state index in [0.29, 0.717) is 0 Å². The third-order valence-corrected chi connectivity index (χ3v) is 1.93.